The van der Waals surface area contributed by atoms with Crippen LogP contribution in [-0.4, -0.2) is 15.0 Å². The maximum Gasteiger partial charge on any atom is 0.238 e. The van der Waals surface area contributed by atoms with Gasteiger partial charge in [-0.15, -0.1) is 0 Å². The summed E-state index contributed by atoms with van der Waals surface area (Å²) in [7, 11) is -3.60. The van der Waals surface area contributed by atoms with Gasteiger partial charge in [0, 0.05) is 6.04 Å². The van der Waals surface area contributed by atoms with Crippen LogP contribution in [0.4, 0.5) is 0 Å². The highest BCUT2D eigenvalue weighted by Gasteiger charge is 2.14. The first-order chi connectivity index (χ1) is 9.97. The lowest BCUT2D eigenvalue weighted by Crippen LogP contribution is -2.20. The van der Waals surface area contributed by atoms with Crippen molar-refractivity contribution < 1.29 is 8.42 Å². The normalized spacial score (nSPS) is 18.0. The second-order valence-corrected chi connectivity index (χ2v) is 7.64. The molecule has 0 aliphatic heterocycles. The number of rotatable bonds is 7. The molecule has 3 N–H and O–H groups in total. The predicted octanol–water partition coefficient (Wildman–Crippen LogP) is 2.96. The van der Waals surface area contributed by atoms with Crippen LogP contribution in [0.2, 0.25) is 0 Å². The Morgan fingerprint density at radius 2 is 1.86 bits per heavy atom. The van der Waals surface area contributed by atoms with E-state index < -0.39 is 10.0 Å². The van der Waals surface area contributed by atoms with E-state index in [1.165, 1.54) is 38.5 Å². The van der Waals surface area contributed by atoms with Gasteiger partial charge >= 0.3 is 0 Å². The topological polar surface area (TPSA) is 72.2 Å². The quantitative estimate of drug-likeness (QED) is 0.761. The van der Waals surface area contributed by atoms with E-state index in [0.29, 0.717) is 0 Å². The van der Waals surface area contributed by atoms with Crippen LogP contribution < -0.4 is 10.5 Å². The molecule has 2 rings (SSSR count). The summed E-state index contributed by atoms with van der Waals surface area (Å²) in [5.41, 5.74) is 1.09. The third kappa shape index (κ3) is 5.09. The van der Waals surface area contributed by atoms with E-state index in [0.717, 1.165) is 18.0 Å². The van der Waals surface area contributed by atoms with Gasteiger partial charge in [-0.05, 0) is 49.9 Å². The standard InChI is InChI=1S/C16H26N2O2S/c1-13(18-12-4-7-14-5-2-3-6-14)15-8-10-16(11-9-15)21(17,19)20/h8-11,13-14,18H,2-7,12H2,1H3,(H2,17,19,20). The molecule has 1 saturated carbocycles. The molecule has 0 bridgehead atoms. The van der Waals surface area contributed by atoms with Gasteiger partial charge in [-0.2, -0.15) is 0 Å². The van der Waals surface area contributed by atoms with Crippen LogP contribution in [0.25, 0.3) is 0 Å². The summed E-state index contributed by atoms with van der Waals surface area (Å²) < 4.78 is 22.4. The van der Waals surface area contributed by atoms with Gasteiger partial charge in [0.15, 0.2) is 0 Å². The minimum atomic E-state index is -3.60. The fourth-order valence-electron chi connectivity index (χ4n) is 3.07. The van der Waals surface area contributed by atoms with Gasteiger partial charge in [0.25, 0.3) is 0 Å². The van der Waals surface area contributed by atoms with Crippen molar-refractivity contribution in [3.05, 3.63) is 29.8 Å². The molecule has 1 fully saturated rings. The van der Waals surface area contributed by atoms with Crippen molar-refractivity contribution in [1.82, 2.24) is 5.32 Å². The molecule has 1 aliphatic carbocycles. The SMILES string of the molecule is CC(NCCCC1CCCC1)c1ccc(S(N)(=O)=O)cc1. The molecule has 0 spiro atoms. The highest BCUT2D eigenvalue weighted by Crippen LogP contribution is 2.28. The van der Waals surface area contributed by atoms with E-state index >= 15 is 0 Å². The summed E-state index contributed by atoms with van der Waals surface area (Å²) in [5.74, 6) is 0.941. The molecule has 0 heterocycles. The van der Waals surface area contributed by atoms with Crippen molar-refractivity contribution in [1.29, 1.82) is 0 Å². The first kappa shape index (κ1) is 16.5. The lowest BCUT2D eigenvalue weighted by molar-refractivity contribution is 0.456. The molecule has 118 valence electrons. The summed E-state index contributed by atoms with van der Waals surface area (Å²) in [6.45, 7) is 3.11. The molecule has 1 unspecified atom stereocenters. The van der Waals surface area contributed by atoms with Crippen LogP contribution in [-0.2, 0) is 10.0 Å². The Bertz CT molecular complexity index is 534. The van der Waals surface area contributed by atoms with Gasteiger partial charge < -0.3 is 5.32 Å². The second-order valence-electron chi connectivity index (χ2n) is 6.08. The number of nitrogens with one attached hydrogen (secondary N) is 1. The summed E-state index contributed by atoms with van der Waals surface area (Å²) in [4.78, 5) is 0.166. The molecule has 0 aromatic heterocycles. The molecule has 1 aromatic rings. The highest BCUT2D eigenvalue weighted by molar-refractivity contribution is 7.89. The first-order valence-electron chi connectivity index (χ1n) is 7.83. The van der Waals surface area contributed by atoms with E-state index in [1.54, 1.807) is 12.1 Å². The fraction of sp³-hybridized carbons (Fsp3) is 0.625. The van der Waals surface area contributed by atoms with E-state index in [4.69, 9.17) is 5.14 Å². The number of nitrogens with two attached hydrogens (primary N) is 1. The second kappa shape index (κ2) is 7.38. The zero-order chi connectivity index (χ0) is 15.3. The van der Waals surface area contributed by atoms with Gasteiger partial charge in [-0.25, -0.2) is 13.6 Å². The van der Waals surface area contributed by atoms with Gasteiger partial charge in [0.05, 0.1) is 4.90 Å². The van der Waals surface area contributed by atoms with Crippen molar-refractivity contribution in [2.75, 3.05) is 6.54 Å². The number of benzene rings is 1. The molecule has 5 heteroatoms. The van der Waals surface area contributed by atoms with Crippen LogP contribution in [0, 0.1) is 5.92 Å². The van der Waals surface area contributed by atoms with E-state index in [1.807, 2.05) is 12.1 Å². The van der Waals surface area contributed by atoms with E-state index in [9.17, 15) is 8.42 Å². The molecule has 1 aliphatic rings. The Labute approximate surface area is 128 Å². The summed E-state index contributed by atoms with van der Waals surface area (Å²) in [6.07, 6.45) is 8.17. The zero-order valence-electron chi connectivity index (χ0n) is 12.7. The lowest BCUT2D eigenvalue weighted by atomic mass is 10.0. The largest absolute Gasteiger partial charge is 0.310 e. The first-order valence-corrected chi connectivity index (χ1v) is 9.37. The number of sulfonamides is 1. The van der Waals surface area contributed by atoms with Gasteiger partial charge in [-0.3, -0.25) is 0 Å². The van der Waals surface area contributed by atoms with Crippen LogP contribution in [0.5, 0.6) is 0 Å². The maximum absolute atomic E-state index is 11.2. The molecule has 4 nitrogen and oxygen atoms in total. The molecule has 0 amide bonds. The van der Waals surface area contributed by atoms with E-state index in [2.05, 4.69) is 12.2 Å². The van der Waals surface area contributed by atoms with Crippen LogP contribution in [0.1, 0.15) is 57.1 Å². The Morgan fingerprint density at radius 1 is 1.24 bits per heavy atom. The van der Waals surface area contributed by atoms with Gasteiger partial charge in [0.1, 0.15) is 0 Å². The van der Waals surface area contributed by atoms with Crippen molar-refractivity contribution >= 4 is 10.0 Å². The monoisotopic (exact) mass is 310 g/mol. The Kier molecular flexibility index (Phi) is 5.79. The zero-order valence-corrected chi connectivity index (χ0v) is 13.5. The predicted molar refractivity (Wildman–Crippen MR) is 85.4 cm³/mol. The summed E-state index contributed by atoms with van der Waals surface area (Å²) in [6, 6.07) is 7.02. The summed E-state index contributed by atoms with van der Waals surface area (Å²) in [5, 5.41) is 8.60. The Morgan fingerprint density at radius 3 is 2.43 bits per heavy atom. The van der Waals surface area contributed by atoms with Crippen molar-refractivity contribution in [3.63, 3.8) is 0 Å². The average Bonchev–Trinajstić information content (AvgIpc) is 2.96. The molecular weight excluding hydrogens is 284 g/mol. The van der Waals surface area contributed by atoms with Crippen LogP contribution in [0.3, 0.4) is 0 Å². The maximum atomic E-state index is 11.2. The molecule has 21 heavy (non-hydrogen) atoms. The summed E-state index contributed by atoms with van der Waals surface area (Å²) >= 11 is 0. The molecule has 1 atom stereocenters. The minimum Gasteiger partial charge on any atom is -0.310 e. The smallest absolute Gasteiger partial charge is 0.238 e. The van der Waals surface area contributed by atoms with Crippen molar-refractivity contribution in [3.8, 4) is 0 Å². The lowest BCUT2D eigenvalue weighted by Gasteiger charge is -2.15. The van der Waals surface area contributed by atoms with Crippen LogP contribution >= 0.6 is 0 Å². The fourth-order valence-corrected chi connectivity index (χ4v) is 3.59. The third-order valence-corrected chi connectivity index (χ3v) is 5.35. The van der Waals surface area contributed by atoms with E-state index in [-0.39, 0.29) is 10.9 Å². The number of hydrogen-bond acceptors (Lipinski definition) is 3. The van der Waals surface area contributed by atoms with Crippen LogP contribution in [0.15, 0.2) is 29.2 Å². The molecule has 0 saturated heterocycles. The van der Waals surface area contributed by atoms with Gasteiger partial charge in [0.2, 0.25) is 10.0 Å². The molecular formula is C16H26N2O2S. The van der Waals surface area contributed by atoms with Crippen molar-refractivity contribution in [2.24, 2.45) is 11.1 Å². The number of hydrogen-bond donors (Lipinski definition) is 2. The minimum absolute atomic E-state index is 0.166. The average molecular weight is 310 g/mol. The Hall–Kier alpha value is -0.910. The Balaban J connectivity index is 1.76. The van der Waals surface area contributed by atoms with Crippen molar-refractivity contribution in [2.45, 2.75) is 56.4 Å². The molecule has 1 aromatic carbocycles. The molecule has 0 radical (unpaired) electrons. The third-order valence-electron chi connectivity index (χ3n) is 4.42. The number of primary sulfonamides is 1. The van der Waals surface area contributed by atoms with Gasteiger partial charge in [-0.1, -0.05) is 37.8 Å². The highest BCUT2D eigenvalue weighted by atomic mass is 32.2.